The van der Waals surface area contributed by atoms with Gasteiger partial charge in [-0.3, -0.25) is 9.79 Å². The van der Waals surface area contributed by atoms with Crippen molar-refractivity contribution in [3.63, 3.8) is 0 Å². The van der Waals surface area contributed by atoms with Gasteiger partial charge in [0.1, 0.15) is 0 Å². The summed E-state index contributed by atoms with van der Waals surface area (Å²) in [6, 6.07) is 0. The van der Waals surface area contributed by atoms with Gasteiger partial charge in [0.15, 0.2) is 5.96 Å². The van der Waals surface area contributed by atoms with Gasteiger partial charge in [-0.05, 0) is 32.6 Å². The van der Waals surface area contributed by atoms with Crippen molar-refractivity contribution in [3.05, 3.63) is 0 Å². The molecule has 1 fully saturated rings. The van der Waals surface area contributed by atoms with Gasteiger partial charge in [0, 0.05) is 45.6 Å². The number of halogens is 3. The van der Waals surface area contributed by atoms with Crippen molar-refractivity contribution in [3.8, 4) is 0 Å². The fourth-order valence-electron chi connectivity index (χ4n) is 2.39. The van der Waals surface area contributed by atoms with Gasteiger partial charge in [-0.1, -0.05) is 0 Å². The van der Waals surface area contributed by atoms with Gasteiger partial charge >= 0.3 is 6.18 Å². The van der Waals surface area contributed by atoms with E-state index in [2.05, 4.69) is 15.6 Å². The molecule has 2 N–H and O–H groups in total. The zero-order valence-corrected chi connectivity index (χ0v) is 13.7. The van der Waals surface area contributed by atoms with Crippen LogP contribution in [0.1, 0.15) is 45.4 Å². The second-order valence-corrected chi connectivity index (χ2v) is 5.60. The molecule has 5 nitrogen and oxygen atoms in total. The molecule has 8 heteroatoms. The highest BCUT2D eigenvalue weighted by atomic mass is 19.4. The van der Waals surface area contributed by atoms with Gasteiger partial charge in [-0.25, -0.2) is 0 Å². The number of carbonyl (C=O) groups excluding carboxylic acids is 1. The van der Waals surface area contributed by atoms with E-state index >= 15 is 0 Å². The molecule has 1 heterocycles. The first kappa shape index (κ1) is 19.6. The van der Waals surface area contributed by atoms with E-state index in [9.17, 15) is 18.0 Å². The van der Waals surface area contributed by atoms with Crippen LogP contribution >= 0.6 is 0 Å². The van der Waals surface area contributed by atoms with E-state index in [1.807, 2.05) is 11.8 Å². The summed E-state index contributed by atoms with van der Waals surface area (Å²) in [5.74, 6) is 0.830. The lowest BCUT2D eigenvalue weighted by Gasteiger charge is -2.15. The van der Waals surface area contributed by atoms with Crippen LogP contribution in [0.4, 0.5) is 13.2 Å². The van der Waals surface area contributed by atoms with Gasteiger partial charge in [0.25, 0.3) is 0 Å². The predicted octanol–water partition coefficient (Wildman–Crippen LogP) is 2.29. The number of rotatable bonds is 9. The van der Waals surface area contributed by atoms with Crippen molar-refractivity contribution < 1.29 is 18.0 Å². The van der Waals surface area contributed by atoms with Gasteiger partial charge in [0.2, 0.25) is 5.91 Å². The molecular weight excluding hydrogens is 309 g/mol. The number of unbranched alkanes of at least 4 members (excludes halogenated alkanes) is 1. The number of alkyl halides is 3. The quantitative estimate of drug-likeness (QED) is 0.386. The van der Waals surface area contributed by atoms with Crippen molar-refractivity contribution in [2.75, 3.05) is 32.7 Å². The Balaban J connectivity index is 2.17. The maximum Gasteiger partial charge on any atom is 0.389 e. The highest BCUT2D eigenvalue weighted by Gasteiger charge is 2.25. The molecule has 0 aromatic heterocycles. The number of amides is 1. The van der Waals surface area contributed by atoms with Crippen molar-refractivity contribution in [2.24, 2.45) is 4.99 Å². The van der Waals surface area contributed by atoms with Crippen LogP contribution in [0.3, 0.4) is 0 Å². The molecule has 0 aliphatic carbocycles. The van der Waals surface area contributed by atoms with E-state index in [1.165, 1.54) is 0 Å². The van der Waals surface area contributed by atoms with Crippen LogP contribution in [0.25, 0.3) is 0 Å². The summed E-state index contributed by atoms with van der Waals surface area (Å²) in [6.07, 6.45) is -1.89. The average Bonchev–Trinajstić information content (AvgIpc) is 2.87. The molecule has 1 aliphatic heterocycles. The first-order chi connectivity index (χ1) is 10.9. The van der Waals surface area contributed by atoms with Crippen LogP contribution in [0.15, 0.2) is 4.99 Å². The highest BCUT2D eigenvalue weighted by Crippen LogP contribution is 2.21. The van der Waals surface area contributed by atoms with Crippen LogP contribution in [0.5, 0.6) is 0 Å². The van der Waals surface area contributed by atoms with E-state index in [4.69, 9.17) is 0 Å². The fraction of sp³-hybridized carbons (Fsp3) is 0.867. The second kappa shape index (κ2) is 10.3. The number of likely N-dealkylation sites (tertiary alicyclic amines) is 1. The summed E-state index contributed by atoms with van der Waals surface area (Å²) in [5.41, 5.74) is 0. The Morgan fingerprint density at radius 2 is 2.04 bits per heavy atom. The third-order valence-corrected chi connectivity index (χ3v) is 3.55. The molecule has 1 aliphatic rings. The Bertz CT molecular complexity index is 385. The molecule has 0 bridgehead atoms. The van der Waals surface area contributed by atoms with Crippen molar-refractivity contribution >= 4 is 11.9 Å². The van der Waals surface area contributed by atoms with E-state index in [0.717, 1.165) is 19.4 Å². The standard InChI is InChI=1S/C15H27F3N4O/c1-2-19-14(20-9-4-3-8-15(16,17)18)21-10-6-12-22-11-5-7-13(22)23/h2-12H2,1H3,(H2,19,20,21). The third-order valence-electron chi connectivity index (χ3n) is 3.55. The minimum Gasteiger partial charge on any atom is -0.357 e. The largest absolute Gasteiger partial charge is 0.389 e. The monoisotopic (exact) mass is 336 g/mol. The molecule has 134 valence electrons. The summed E-state index contributed by atoms with van der Waals surface area (Å²) in [5, 5.41) is 6.10. The lowest BCUT2D eigenvalue weighted by Crippen LogP contribution is -2.38. The van der Waals surface area contributed by atoms with Crippen LogP contribution in [0, 0.1) is 0 Å². The summed E-state index contributed by atoms with van der Waals surface area (Å²) < 4.78 is 36.1. The van der Waals surface area contributed by atoms with Crippen molar-refractivity contribution in [1.29, 1.82) is 0 Å². The first-order valence-electron chi connectivity index (χ1n) is 8.29. The van der Waals surface area contributed by atoms with Crippen LogP contribution in [-0.2, 0) is 4.79 Å². The summed E-state index contributed by atoms with van der Waals surface area (Å²) in [7, 11) is 0. The van der Waals surface area contributed by atoms with Crippen molar-refractivity contribution in [1.82, 2.24) is 15.5 Å². The summed E-state index contributed by atoms with van der Waals surface area (Å²) in [4.78, 5) is 17.7. The van der Waals surface area contributed by atoms with Crippen molar-refractivity contribution in [2.45, 2.75) is 51.6 Å². The SMILES string of the molecule is CCNC(=NCCCN1CCCC1=O)NCCCCC(F)(F)F. The molecule has 0 radical (unpaired) electrons. The fourth-order valence-corrected chi connectivity index (χ4v) is 2.39. The van der Waals surface area contributed by atoms with Gasteiger partial charge < -0.3 is 15.5 Å². The Kier molecular flexibility index (Phi) is 8.79. The molecule has 1 saturated heterocycles. The van der Waals surface area contributed by atoms with Gasteiger partial charge in [0.05, 0.1) is 0 Å². The summed E-state index contributed by atoms with van der Waals surface area (Å²) in [6.45, 7) is 5.23. The number of hydrogen-bond acceptors (Lipinski definition) is 2. The Morgan fingerprint density at radius 1 is 1.26 bits per heavy atom. The molecule has 1 rings (SSSR count). The minimum absolute atomic E-state index is 0.118. The normalized spacial score (nSPS) is 16.1. The smallest absolute Gasteiger partial charge is 0.357 e. The van der Waals surface area contributed by atoms with Gasteiger partial charge in [-0.2, -0.15) is 13.2 Å². The molecule has 0 saturated carbocycles. The lowest BCUT2D eigenvalue weighted by atomic mass is 10.2. The topological polar surface area (TPSA) is 56.7 Å². The minimum atomic E-state index is -4.08. The number of carbonyl (C=O) groups is 1. The zero-order chi connectivity index (χ0) is 17.1. The third kappa shape index (κ3) is 9.30. The summed E-state index contributed by atoms with van der Waals surface area (Å²) >= 11 is 0. The Hall–Kier alpha value is -1.47. The average molecular weight is 336 g/mol. The maximum atomic E-state index is 12.0. The molecule has 23 heavy (non-hydrogen) atoms. The van der Waals surface area contributed by atoms with Gasteiger partial charge in [-0.15, -0.1) is 0 Å². The van der Waals surface area contributed by atoms with E-state index in [1.54, 1.807) is 0 Å². The number of hydrogen-bond donors (Lipinski definition) is 2. The van der Waals surface area contributed by atoms with Crippen LogP contribution < -0.4 is 10.6 Å². The molecule has 0 spiro atoms. The zero-order valence-electron chi connectivity index (χ0n) is 13.7. The Morgan fingerprint density at radius 3 is 2.65 bits per heavy atom. The first-order valence-corrected chi connectivity index (χ1v) is 8.29. The lowest BCUT2D eigenvalue weighted by molar-refractivity contribution is -0.135. The van der Waals surface area contributed by atoms with E-state index < -0.39 is 12.6 Å². The molecule has 0 unspecified atom stereocenters. The number of nitrogens with one attached hydrogen (secondary N) is 2. The molecular formula is C15H27F3N4O. The molecule has 1 amide bonds. The number of nitrogens with zero attached hydrogens (tertiary/aromatic N) is 2. The number of aliphatic imine (C=N–C) groups is 1. The Labute approximate surface area is 135 Å². The molecule has 0 aromatic carbocycles. The number of guanidine groups is 1. The molecule has 0 aromatic rings. The van der Waals surface area contributed by atoms with Crippen LogP contribution in [0.2, 0.25) is 0 Å². The maximum absolute atomic E-state index is 12.0. The second-order valence-electron chi connectivity index (χ2n) is 5.60. The van der Waals surface area contributed by atoms with E-state index in [0.29, 0.717) is 45.0 Å². The van der Waals surface area contributed by atoms with E-state index in [-0.39, 0.29) is 12.3 Å². The predicted molar refractivity (Wildman–Crippen MR) is 84.3 cm³/mol. The molecule has 0 atom stereocenters. The highest BCUT2D eigenvalue weighted by molar-refractivity contribution is 5.79. The van der Waals surface area contributed by atoms with Crippen LogP contribution in [-0.4, -0.2) is 55.7 Å².